The van der Waals surface area contributed by atoms with Gasteiger partial charge in [0, 0.05) is 13.6 Å². The van der Waals surface area contributed by atoms with Gasteiger partial charge in [0.05, 0.1) is 0 Å². The molecule has 0 aromatic heterocycles. The second-order valence-electron chi connectivity index (χ2n) is 5.13. The van der Waals surface area contributed by atoms with Crippen LogP contribution in [0.2, 0.25) is 0 Å². The number of amides is 2. The van der Waals surface area contributed by atoms with Gasteiger partial charge in [-0.25, -0.2) is 4.79 Å². The van der Waals surface area contributed by atoms with E-state index in [4.69, 9.17) is 4.74 Å². The van der Waals surface area contributed by atoms with E-state index in [9.17, 15) is 9.59 Å². The molecule has 112 valence electrons. The third-order valence-electron chi connectivity index (χ3n) is 3.67. The molecular weight excluding hydrogens is 280 g/mol. The number of carbonyl (C=O) groups is 2. The van der Waals surface area contributed by atoms with Gasteiger partial charge in [-0.05, 0) is 23.3 Å². The molecule has 1 aliphatic rings. The molecular formula is C17H16N2O3. The van der Waals surface area contributed by atoms with Gasteiger partial charge in [-0.1, -0.05) is 42.5 Å². The first-order valence-electron chi connectivity index (χ1n) is 7.03. The topological polar surface area (TPSA) is 58.6 Å². The first kappa shape index (κ1) is 14.1. The lowest BCUT2D eigenvalue weighted by molar-refractivity contribution is -0.131. The quantitative estimate of drug-likeness (QED) is 0.884. The van der Waals surface area contributed by atoms with Gasteiger partial charge in [-0.2, -0.15) is 0 Å². The van der Waals surface area contributed by atoms with Gasteiger partial charge in [0.15, 0.2) is 0 Å². The molecule has 0 unspecified atom stereocenters. The summed E-state index contributed by atoms with van der Waals surface area (Å²) in [6.45, 7) is 0.467. The van der Waals surface area contributed by atoms with Crippen molar-refractivity contribution in [3.63, 3.8) is 0 Å². The minimum absolute atomic E-state index is 0.155. The van der Waals surface area contributed by atoms with Gasteiger partial charge in [0.25, 0.3) is 0 Å². The van der Waals surface area contributed by atoms with Crippen LogP contribution in [-0.2, 0) is 4.79 Å². The van der Waals surface area contributed by atoms with Gasteiger partial charge in [-0.3, -0.25) is 9.69 Å². The molecule has 5 nitrogen and oxygen atoms in total. The highest BCUT2D eigenvalue weighted by molar-refractivity contribution is 5.91. The molecule has 1 N–H and O–H groups in total. The molecule has 22 heavy (non-hydrogen) atoms. The number of hydrogen-bond donors (Lipinski definition) is 1. The maximum absolute atomic E-state index is 12.1. The van der Waals surface area contributed by atoms with E-state index < -0.39 is 12.1 Å². The number of carbonyl (C=O) groups excluding carboxylic acids is 2. The molecule has 0 radical (unpaired) electrons. The number of rotatable bonds is 3. The molecule has 3 rings (SSSR count). The van der Waals surface area contributed by atoms with Crippen molar-refractivity contribution in [1.29, 1.82) is 0 Å². The van der Waals surface area contributed by atoms with Crippen molar-refractivity contribution in [2.24, 2.45) is 0 Å². The number of hydrogen-bond acceptors (Lipinski definition) is 3. The van der Waals surface area contributed by atoms with Crippen LogP contribution in [-0.4, -0.2) is 36.5 Å². The van der Waals surface area contributed by atoms with E-state index in [0.29, 0.717) is 12.3 Å². The smallest absolute Gasteiger partial charge is 0.410 e. The van der Waals surface area contributed by atoms with E-state index in [1.807, 2.05) is 48.5 Å². The van der Waals surface area contributed by atoms with Crippen molar-refractivity contribution in [3.05, 3.63) is 54.6 Å². The number of likely N-dealkylation sites (N-methyl/N-ethyl adjacent to an activating group) is 1. The standard InChI is InChI=1S/C17H16N2O3/c1-19(15-11-18-16(15)20)17(21)22-14-9-5-8-13(10-14)12-6-3-2-4-7-12/h2-10,15H,11H2,1H3,(H,18,20)/t15-/m0/s1. The third-order valence-corrected chi connectivity index (χ3v) is 3.67. The van der Waals surface area contributed by atoms with Crippen molar-refractivity contribution in [2.45, 2.75) is 6.04 Å². The Kier molecular flexibility index (Phi) is 3.78. The SMILES string of the molecule is CN(C(=O)Oc1cccc(-c2ccccc2)c1)[C@H]1CNC1=O. The van der Waals surface area contributed by atoms with Gasteiger partial charge in [-0.15, -0.1) is 0 Å². The van der Waals surface area contributed by atoms with Crippen molar-refractivity contribution >= 4 is 12.0 Å². The third kappa shape index (κ3) is 2.79. The van der Waals surface area contributed by atoms with Crippen LogP contribution < -0.4 is 10.1 Å². The van der Waals surface area contributed by atoms with E-state index in [1.165, 1.54) is 4.90 Å². The zero-order valence-corrected chi connectivity index (χ0v) is 12.2. The Labute approximate surface area is 128 Å². The summed E-state index contributed by atoms with van der Waals surface area (Å²) in [4.78, 5) is 24.7. The lowest BCUT2D eigenvalue weighted by Crippen LogP contribution is -2.62. The van der Waals surface area contributed by atoms with Crippen LogP contribution in [0.3, 0.4) is 0 Å². The summed E-state index contributed by atoms with van der Waals surface area (Å²) in [6.07, 6.45) is -0.537. The highest BCUT2D eigenvalue weighted by Gasteiger charge is 2.35. The maximum atomic E-state index is 12.1. The predicted octanol–water partition coefficient (Wildman–Crippen LogP) is 2.28. The highest BCUT2D eigenvalue weighted by Crippen LogP contribution is 2.24. The summed E-state index contributed by atoms with van der Waals surface area (Å²) < 4.78 is 5.35. The molecule has 0 aliphatic carbocycles. The van der Waals surface area contributed by atoms with Crippen LogP contribution in [0.5, 0.6) is 5.75 Å². The highest BCUT2D eigenvalue weighted by atomic mass is 16.6. The van der Waals surface area contributed by atoms with Crippen LogP contribution in [0.1, 0.15) is 0 Å². The second kappa shape index (κ2) is 5.89. The number of ether oxygens (including phenoxy) is 1. The Hall–Kier alpha value is -2.82. The van der Waals surface area contributed by atoms with Gasteiger partial charge < -0.3 is 10.1 Å². The number of nitrogens with one attached hydrogen (secondary N) is 1. The number of nitrogens with zero attached hydrogens (tertiary/aromatic N) is 1. The number of β-lactam (4-membered cyclic amide) rings is 1. The predicted molar refractivity (Wildman–Crippen MR) is 82.5 cm³/mol. The summed E-state index contributed by atoms with van der Waals surface area (Å²) >= 11 is 0. The molecule has 0 bridgehead atoms. The Morgan fingerprint density at radius 1 is 1.14 bits per heavy atom. The summed E-state index contributed by atoms with van der Waals surface area (Å²) in [5, 5.41) is 2.60. The monoisotopic (exact) mass is 296 g/mol. The molecule has 0 saturated carbocycles. The Balaban J connectivity index is 1.73. The lowest BCUT2D eigenvalue weighted by Gasteiger charge is -2.33. The molecule has 1 aliphatic heterocycles. The molecule has 2 aromatic carbocycles. The molecule has 1 atom stereocenters. The molecule has 1 fully saturated rings. The first-order chi connectivity index (χ1) is 10.6. The summed E-state index contributed by atoms with van der Waals surface area (Å²) in [7, 11) is 1.56. The van der Waals surface area contributed by atoms with Crippen LogP contribution in [0, 0.1) is 0 Å². The van der Waals surface area contributed by atoms with Crippen molar-refractivity contribution in [3.8, 4) is 16.9 Å². The summed E-state index contributed by atoms with van der Waals surface area (Å²) in [5.74, 6) is 0.301. The van der Waals surface area contributed by atoms with E-state index >= 15 is 0 Å². The van der Waals surface area contributed by atoms with Crippen molar-refractivity contribution < 1.29 is 14.3 Å². The fourth-order valence-electron chi connectivity index (χ4n) is 2.26. The normalized spacial score (nSPS) is 16.4. The Morgan fingerprint density at radius 3 is 2.50 bits per heavy atom. The molecule has 2 amide bonds. The summed E-state index contributed by atoms with van der Waals surface area (Å²) in [5.41, 5.74) is 2.02. The Bertz CT molecular complexity index is 700. The molecule has 1 heterocycles. The zero-order valence-electron chi connectivity index (χ0n) is 12.2. The average molecular weight is 296 g/mol. The van der Waals surface area contributed by atoms with Crippen LogP contribution in [0.15, 0.2) is 54.6 Å². The van der Waals surface area contributed by atoms with Crippen molar-refractivity contribution in [1.82, 2.24) is 10.2 Å². The van der Waals surface area contributed by atoms with E-state index in [2.05, 4.69) is 5.32 Å². The van der Waals surface area contributed by atoms with Gasteiger partial charge in [0.2, 0.25) is 5.91 Å². The Morgan fingerprint density at radius 2 is 1.86 bits per heavy atom. The molecule has 2 aromatic rings. The largest absolute Gasteiger partial charge is 0.415 e. The summed E-state index contributed by atoms with van der Waals surface area (Å²) in [6, 6.07) is 16.7. The zero-order chi connectivity index (χ0) is 15.5. The first-order valence-corrected chi connectivity index (χ1v) is 7.03. The van der Waals surface area contributed by atoms with E-state index in [-0.39, 0.29) is 5.91 Å². The van der Waals surface area contributed by atoms with Gasteiger partial charge >= 0.3 is 6.09 Å². The van der Waals surface area contributed by atoms with Crippen LogP contribution >= 0.6 is 0 Å². The molecule has 0 spiro atoms. The molecule has 5 heteroatoms. The van der Waals surface area contributed by atoms with Crippen molar-refractivity contribution in [2.75, 3.05) is 13.6 Å². The van der Waals surface area contributed by atoms with E-state index in [1.54, 1.807) is 13.1 Å². The minimum Gasteiger partial charge on any atom is -0.410 e. The number of benzene rings is 2. The molecule has 1 saturated heterocycles. The maximum Gasteiger partial charge on any atom is 0.415 e. The lowest BCUT2D eigenvalue weighted by atomic mass is 10.1. The van der Waals surface area contributed by atoms with Crippen LogP contribution in [0.25, 0.3) is 11.1 Å². The van der Waals surface area contributed by atoms with Gasteiger partial charge in [0.1, 0.15) is 11.8 Å². The fraction of sp³-hybridized carbons (Fsp3) is 0.176. The fourth-order valence-corrected chi connectivity index (χ4v) is 2.26. The van der Waals surface area contributed by atoms with E-state index in [0.717, 1.165) is 11.1 Å². The average Bonchev–Trinajstić information content (AvgIpc) is 2.54. The second-order valence-corrected chi connectivity index (χ2v) is 5.13. The van der Waals surface area contributed by atoms with Crippen LogP contribution in [0.4, 0.5) is 4.79 Å². The minimum atomic E-state index is -0.537.